The second-order valence-corrected chi connectivity index (χ2v) is 9.49. The molecule has 196 valence electrons. The second kappa shape index (κ2) is 11.4. The van der Waals surface area contributed by atoms with E-state index >= 15 is 0 Å². The Morgan fingerprint density at radius 3 is 2.39 bits per heavy atom. The van der Waals surface area contributed by atoms with Gasteiger partial charge in [-0.15, -0.1) is 0 Å². The number of hydrogen-bond acceptors (Lipinski definition) is 6. The van der Waals surface area contributed by atoms with Gasteiger partial charge in [-0.2, -0.15) is 0 Å². The van der Waals surface area contributed by atoms with Crippen LogP contribution in [0.25, 0.3) is 12.2 Å². The second-order valence-electron chi connectivity index (χ2n) is 9.05. The average molecular weight is 534 g/mol. The summed E-state index contributed by atoms with van der Waals surface area (Å²) < 4.78 is 22.6. The van der Waals surface area contributed by atoms with E-state index in [1.165, 1.54) is 13.2 Å². The molecular weight excluding hydrogens is 506 g/mol. The zero-order valence-corrected chi connectivity index (χ0v) is 22.3. The van der Waals surface area contributed by atoms with E-state index in [-0.39, 0.29) is 18.3 Å². The van der Waals surface area contributed by atoms with Crippen molar-refractivity contribution in [3.05, 3.63) is 88.5 Å². The number of methoxy groups -OCH3 is 2. The number of amides is 1. The molecule has 1 heterocycles. The smallest absolute Gasteiger partial charge is 0.262 e. The van der Waals surface area contributed by atoms with Gasteiger partial charge in [0.05, 0.1) is 25.3 Å². The molecule has 0 unspecified atom stereocenters. The predicted octanol–water partition coefficient (Wildman–Crippen LogP) is 6.46. The minimum Gasteiger partial charge on any atom is -0.496 e. The molecule has 7 nitrogen and oxygen atoms in total. The van der Waals surface area contributed by atoms with E-state index in [1.54, 1.807) is 67.8 Å². The Morgan fingerprint density at radius 2 is 1.68 bits per heavy atom. The standard InChI is InChI=1S/C30H28ClNO6/c1-30(2)16-15-23-25(35-3)14-11-22(29(23)38-30)24(33)12-5-19-6-13-26(36-4)27(17-19)37-18-28(34)32-21-9-7-20(31)8-10-21/h5-17H,18H2,1-4H3,(H,32,34)/b12-5+. The lowest BCUT2D eigenvalue weighted by Crippen LogP contribution is -2.28. The lowest BCUT2D eigenvalue weighted by atomic mass is 9.97. The fourth-order valence-electron chi connectivity index (χ4n) is 3.85. The molecule has 0 bridgehead atoms. The van der Waals surface area contributed by atoms with Crippen molar-refractivity contribution in [1.29, 1.82) is 0 Å². The molecular formula is C30H28ClNO6. The number of allylic oxidation sites excluding steroid dienone is 1. The third kappa shape index (κ3) is 6.36. The summed E-state index contributed by atoms with van der Waals surface area (Å²) in [6.45, 7) is 3.61. The van der Waals surface area contributed by atoms with Crippen LogP contribution in [0, 0.1) is 0 Å². The van der Waals surface area contributed by atoms with Crippen molar-refractivity contribution >= 4 is 41.1 Å². The van der Waals surface area contributed by atoms with E-state index in [1.807, 2.05) is 26.0 Å². The number of nitrogens with one attached hydrogen (secondary N) is 1. The number of ketones is 1. The molecule has 8 heteroatoms. The molecule has 0 saturated heterocycles. The van der Waals surface area contributed by atoms with Crippen molar-refractivity contribution in [1.82, 2.24) is 0 Å². The van der Waals surface area contributed by atoms with Crippen LogP contribution in [0.2, 0.25) is 5.02 Å². The minimum absolute atomic E-state index is 0.226. The van der Waals surface area contributed by atoms with Crippen molar-refractivity contribution in [3.8, 4) is 23.0 Å². The van der Waals surface area contributed by atoms with Crippen molar-refractivity contribution in [3.63, 3.8) is 0 Å². The molecule has 1 aliphatic heterocycles. The SMILES string of the molecule is COc1ccc(/C=C/C(=O)c2ccc(OC)c3c2OC(C)(C)C=C3)cc1OCC(=O)Nc1ccc(Cl)cc1. The maximum Gasteiger partial charge on any atom is 0.262 e. The van der Waals surface area contributed by atoms with Gasteiger partial charge in [-0.05, 0) is 86.2 Å². The molecule has 0 saturated carbocycles. The summed E-state index contributed by atoms with van der Waals surface area (Å²) in [5.74, 6) is 1.37. The first-order chi connectivity index (χ1) is 18.2. The van der Waals surface area contributed by atoms with E-state index < -0.39 is 5.60 Å². The molecule has 0 aliphatic carbocycles. The van der Waals surface area contributed by atoms with E-state index in [2.05, 4.69) is 5.32 Å². The van der Waals surface area contributed by atoms with Crippen molar-refractivity contribution in [2.24, 2.45) is 0 Å². The van der Waals surface area contributed by atoms with E-state index in [0.717, 1.165) is 5.56 Å². The van der Waals surface area contributed by atoms with Gasteiger partial charge < -0.3 is 24.3 Å². The molecule has 4 rings (SSSR count). The Bertz CT molecular complexity index is 1410. The largest absolute Gasteiger partial charge is 0.496 e. The zero-order chi connectivity index (χ0) is 27.3. The number of hydrogen-bond donors (Lipinski definition) is 1. The van der Waals surface area contributed by atoms with Crippen LogP contribution in [-0.4, -0.2) is 38.1 Å². The third-order valence-electron chi connectivity index (χ3n) is 5.76. The van der Waals surface area contributed by atoms with Gasteiger partial charge in [-0.3, -0.25) is 9.59 Å². The van der Waals surface area contributed by atoms with Crippen LogP contribution < -0.4 is 24.3 Å². The van der Waals surface area contributed by atoms with Crippen LogP contribution in [0.3, 0.4) is 0 Å². The Balaban J connectivity index is 1.49. The number of carbonyl (C=O) groups is 2. The van der Waals surface area contributed by atoms with E-state index in [0.29, 0.717) is 44.8 Å². The molecule has 0 aromatic heterocycles. The first kappa shape index (κ1) is 26.8. The summed E-state index contributed by atoms with van der Waals surface area (Å²) >= 11 is 5.88. The minimum atomic E-state index is -0.555. The highest BCUT2D eigenvalue weighted by atomic mass is 35.5. The number of rotatable bonds is 9. The number of benzene rings is 3. The van der Waals surface area contributed by atoms with Crippen LogP contribution in [0.4, 0.5) is 5.69 Å². The highest BCUT2D eigenvalue weighted by molar-refractivity contribution is 6.30. The molecule has 38 heavy (non-hydrogen) atoms. The van der Waals surface area contributed by atoms with Gasteiger partial charge in [0.2, 0.25) is 0 Å². The molecule has 0 fully saturated rings. The summed E-state index contributed by atoms with van der Waals surface area (Å²) in [5, 5.41) is 3.32. The average Bonchev–Trinajstić information content (AvgIpc) is 2.90. The summed E-state index contributed by atoms with van der Waals surface area (Å²) in [4.78, 5) is 25.5. The Hall–Kier alpha value is -4.23. The van der Waals surface area contributed by atoms with Gasteiger partial charge in [0.1, 0.15) is 17.1 Å². The fourth-order valence-corrected chi connectivity index (χ4v) is 3.97. The monoisotopic (exact) mass is 533 g/mol. The lowest BCUT2D eigenvalue weighted by Gasteiger charge is -2.29. The molecule has 0 spiro atoms. The lowest BCUT2D eigenvalue weighted by molar-refractivity contribution is -0.118. The van der Waals surface area contributed by atoms with Gasteiger partial charge >= 0.3 is 0 Å². The highest BCUT2D eigenvalue weighted by Gasteiger charge is 2.27. The van der Waals surface area contributed by atoms with Crippen LogP contribution in [-0.2, 0) is 4.79 Å². The summed E-state index contributed by atoms with van der Waals surface area (Å²) in [6, 6.07) is 15.4. The molecule has 1 amide bonds. The Labute approximate surface area is 226 Å². The number of carbonyl (C=O) groups excluding carboxylic acids is 2. The third-order valence-corrected chi connectivity index (χ3v) is 6.01. The van der Waals surface area contributed by atoms with Crippen LogP contribution in [0.15, 0.2) is 66.7 Å². The maximum atomic E-state index is 13.2. The number of anilines is 1. The van der Waals surface area contributed by atoms with Gasteiger partial charge in [0.15, 0.2) is 23.9 Å². The fraction of sp³-hybridized carbons (Fsp3) is 0.200. The quantitative estimate of drug-likeness (QED) is 0.251. The molecule has 1 aliphatic rings. The molecule has 3 aromatic rings. The summed E-state index contributed by atoms with van der Waals surface area (Å²) in [5.41, 5.74) is 1.89. The van der Waals surface area contributed by atoms with Crippen molar-refractivity contribution in [2.45, 2.75) is 19.4 Å². The maximum absolute atomic E-state index is 13.2. The molecule has 1 N–H and O–H groups in total. The van der Waals surface area contributed by atoms with Crippen molar-refractivity contribution < 1.29 is 28.5 Å². The first-order valence-corrected chi connectivity index (χ1v) is 12.2. The molecule has 3 aromatic carbocycles. The predicted molar refractivity (Wildman–Crippen MR) is 149 cm³/mol. The van der Waals surface area contributed by atoms with Crippen LogP contribution in [0.5, 0.6) is 23.0 Å². The Morgan fingerprint density at radius 1 is 0.974 bits per heavy atom. The van der Waals surface area contributed by atoms with Crippen molar-refractivity contribution in [2.75, 3.05) is 26.1 Å². The van der Waals surface area contributed by atoms with Crippen LogP contribution >= 0.6 is 11.6 Å². The first-order valence-electron chi connectivity index (χ1n) is 11.9. The van der Waals surface area contributed by atoms with Crippen LogP contribution in [0.1, 0.15) is 35.3 Å². The topological polar surface area (TPSA) is 83.1 Å². The number of ether oxygens (including phenoxy) is 4. The number of fused-ring (bicyclic) bond motifs is 1. The van der Waals surface area contributed by atoms with Gasteiger partial charge in [0.25, 0.3) is 5.91 Å². The summed E-state index contributed by atoms with van der Waals surface area (Å²) in [6.07, 6.45) is 6.98. The summed E-state index contributed by atoms with van der Waals surface area (Å²) in [7, 11) is 3.09. The van der Waals surface area contributed by atoms with E-state index in [9.17, 15) is 9.59 Å². The normalized spacial score (nSPS) is 13.4. The Kier molecular flexibility index (Phi) is 8.08. The van der Waals surface area contributed by atoms with Gasteiger partial charge in [-0.25, -0.2) is 0 Å². The number of halogens is 1. The molecule has 0 atom stereocenters. The van der Waals surface area contributed by atoms with Gasteiger partial charge in [0, 0.05) is 10.7 Å². The molecule has 0 radical (unpaired) electrons. The van der Waals surface area contributed by atoms with Gasteiger partial charge in [-0.1, -0.05) is 23.7 Å². The van der Waals surface area contributed by atoms with E-state index in [4.69, 9.17) is 30.5 Å². The zero-order valence-electron chi connectivity index (χ0n) is 21.5. The highest BCUT2D eigenvalue weighted by Crippen LogP contribution is 2.40.